The van der Waals surface area contributed by atoms with Crippen LogP contribution in [0.1, 0.15) is 41.4 Å². The molecule has 0 fully saturated rings. The van der Waals surface area contributed by atoms with E-state index in [9.17, 15) is 19.2 Å². The van der Waals surface area contributed by atoms with E-state index in [0.29, 0.717) is 20.8 Å². The zero-order valence-electron chi connectivity index (χ0n) is 14.2. The Balaban J connectivity index is 1.69. The first kappa shape index (κ1) is 18.1. The summed E-state index contributed by atoms with van der Waals surface area (Å²) in [4.78, 5) is 52.0. The topological polar surface area (TPSA) is 74.8 Å². The molecule has 9 heteroatoms. The molecule has 0 saturated carbocycles. The van der Waals surface area contributed by atoms with Gasteiger partial charge < -0.3 is 0 Å². The van der Waals surface area contributed by atoms with Gasteiger partial charge in [-0.15, -0.1) is 0 Å². The highest BCUT2D eigenvalue weighted by atomic mass is 35.5. The lowest BCUT2D eigenvalue weighted by molar-refractivity contribution is 0.00849. The summed E-state index contributed by atoms with van der Waals surface area (Å²) in [7, 11) is 0. The van der Waals surface area contributed by atoms with Gasteiger partial charge >= 0.3 is 0 Å². The maximum absolute atomic E-state index is 13.2. The van der Waals surface area contributed by atoms with Gasteiger partial charge in [-0.1, -0.05) is 59.1 Å². The summed E-state index contributed by atoms with van der Waals surface area (Å²) in [6, 6.07) is 10.9. The molecule has 0 spiro atoms. The molecule has 5 rings (SSSR count). The maximum Gasteiger partial charge on any atom is 0.282 e. The van der Waals surface area contributed by atoms with E-state index in [1.165, 1.54) is 18.2 Å². The number of amides is 4. The summed E-state index contributed by atoms with van der Waals surface area (Å²) in [5, 5.41) is 2.30. The average Bonchev–Trinajstić information content (AvgIpc) is 3.09. The van der Waals surface area contributed by atoms with Crippen molar-refractivity contribution in [3.05, 3.63) is 79.8 Å². The molecule has 4 amide bonds. The van der Waals surface area contributed by atoms with E-state index in [4.69, 9.17) is 34.8 Å². The Morgan fingerprint density at radius 2 is 1.17 bits per heavy atom. The van der Waals surface area contributed by atoms with Crippen LogP contribution in [0.5, 0.6) is 0 Å². The number of carbonyl (C=O) groups excluding carboxylic acids is 4. The van der Waals surface area contributed by atoms with E-state index in [1.807, 2.05) is 0 Å². The molecule has 2 heterocycles. The van der Waals surface area contributed by atoms with E-state index in [0.717, 1.165) is 0 Å². The fraction of sp³-hybridized carbons (Fsp3) is 0. The van der Waals surface area contributed by atoms with Crippen molar-refractivity contribution < 1.29 is 19.2 Å². The van der Waals surface area contributed by atoms with Gasteiger partial charge in [0.1, 0.15) is 0 Å². The van der Waals surface area contributed by atoms with Crippen molar-refractivity contribution in [3.8, 4) is 0 Å². The van der Waals surface area contributed by atoms with Gasteiger partial charge in [0.05, 0.1) is 32.3 Å². The highest BCUT2D eigenvalue weighted by Crippen LogP contribution is 2.39. The molecular weight excluding hydrogens is 439 g/mol. The lowest BCUT2D eigenvalue weighted by Crippen LogP contribution is -2.49. The van der Waals surface area contributed by atoms with Crippen LogP contribution in [0.3, 0.4) is 0 Å². The zero-order valence-corrected chi connectivity index (χ0v) is 16.5. The van der Waals surface area contributed by atoms with Crippen LogP contribution in [0.2, 0.25) is 15.1 Å². The summed E-state index contributed by atoms with van der Waals surface area (Å²) in [6.45, 7) is 0. The quantitative estimate of drug-likeness (QED) is 0.513. The molecule has 6 nitrogen and oxygen atoms in total. The first-order valence-electron chi connectivity index (χ1n) is 8.29. The van der Waals surface area contributed by atoms with Crippen molar-refractivity contribution >= 4 is 69.2 Å². The largest absolute Gasteiger partial charge is 0.282 e. The molecule has 3 aromatic carbocycles. The average molecular weight is 446 g/mol. The van der Waals surface area contributed by atoms with Gasteiger partial charge in [-0.3, -0.25) is 19.2 Å². The Morgan fingerprint density at radius 1 is 0.586 bits per heavy atom. The van der Waals surface area contributed by atoms with E-state index >= 15 is 0 Å². The number of carbonyl (C=O) groups is 4. The zero-order chi connectivity index (χ0) is 20.6. The van der Waals surface area contributed by atoms with Crippen molar-refractivity contribution in [2.45, 2.75) is 0 Å². The second kappa shape index (κ2) is 6.03. The van der Waals surface area contributed by atoms with Crippen LogP contribution in [-0.4, -0.2) is 33.6 Å². The predicted molar refractivity (Wildman–Crippen MR) is 106 cm³/mol. The molecule has 2 aliphatic rings. The molecule has 0 bridgehead atoms. The molecule has 3 aromatic rings. The number of nitrogens with zero attached hydrogens (tertiary/aromatic N) is 2. The van der Waals surface area contributed by atoms with E-state index in [-0.39, 0.29) is 37.3 Å². The first-order valence-corrected chi connectivity index (χ1v) is 9.43. The molecular formula is C20H7Cl3N2O4. The number of halogens is 3. The minimum atomic E-state index is -0.901. The van der Waals surface area contributed by atoms with Gasteiger partial charge in [-0.05, 0) is 23.6 Å². The van der Waals surface area contributed by atoms with Gasteiger partial charge in [0.15, 0.2) is 0 Å². The van der Waals surface area contributed by atoms with Crippen LogP contribution in [0.4, 0.5) is 0 Å². The van der Waals surface area contributed by atoms with Crippen LogP contribution in [0.15, 0.2) is 42.5 Å². The highest BCUT2D eigenvalue weighted by Gasteiger charge is 2.50. The van der Waals surface area contributed by atoms with Crippen LogP contribution in [-0.2, 0) is 0 Å². The number of rotatable bonds is 1. The highest BCUT2D eigenvalue weighted by molar-refractivity contribution is 6.46. The van der Waals surface area contributed by atoms with Gasteiger partial charge in [0.2, 0.25) is 0 Å². The third-order valence-electron chi connectivity index (χ3n) is 4.95. The van der Waals surface area contributed by atoms with Crippen LogP contribution in [0, 0.1) is 0 Å². The van der Waals surface area contributed by atoms with Gasteiger partial charge in [-0.25, -0.2) is 0 Å². The lowest BCUT2D eigenvalue weighted by Gasteiger charge is -2.23. The third-order valence-corrected chi connectivity index (χ3v) is 6.06. The summed E-state index contributed by atoms with van der Waals surface area (Å²) >= 11 is 18.3. The van der Waals surface area contributed by atoms with E-state index in [2.05, 4.69) is 0 Å². The van der Waals surface area contributed by atoms with Gasteiger partial charge in [0.25, 0.3) is 23.6 Å². The number of hydrogen-bond donors (Lipinski definition) is 0. The van der Waals surface area contributed by atoms with Crippen molar-refractivity contribution in [3.63, 3.8) is 0 Å². The fourth-order valence-corrected chi connectivity index (χ4v) is 4.33. The van der Waals surface area contributed by atoms with Crippen LogP contribution in [0.25, 0.3) is 10.8 Å². The van der Waals surface area contributed by atoms with Crippen molar-refractivity contribution in [1.82, 2.24) is 10.0 Å². The molecule has 0 saturated heterocycles. The monoisotopic (exact) mass is 444 g/mol. The minimum Gasteiger partial charge on any atom is -0.267 e. The van der Waals surface area contributed by atoms with E-state index < -0.39 is 23.6 Å². The Kier molecular flexibility index (Phi) is 3.77. The normalized spacial score (nSPS) is 15.6. The number of fused-ring (bicyclic) bond motifs is 4. The Hall–Kier alpha value is -2.93. The second-order valence-corrected chi connectivity index (χ2v) is 7.65. The molecule has 0 atom stereocenters. The lowest BCUT2D eigenvalue weighted by atomic mass is 10.0. The number of hydrazine groups is 1. The Bertz CT molecular complexity index is 1340. The van der Waals surface area contributed by atoms with Gasteiger partial charge in [0, 0.05) is 10.4 Å². The standard InChI is InChI=1S/C20H7Cl3N2O4/c21-12-6-5-10-15(16(12)23)20(29)24(17(10)26)25-18(27)11-7-13(22)8-3-1-2-4-9(8)14(11)19(25)28/h1-7H. The summed E-state index contributed by atoms with van der Waals surface area (Å²) in [5.41, 5.74) is -0.0949. The predicted octanol–water partition coefficient (Wildman–Crippen LogP) is 4.61. The number of hydrogen-bond acceptors (Lipinski definition) is 4. The molecule has 0 aliphatic carbocycles. The minimum absolute atomic E-state index is 0.0133. The van der Waals surface area contributed by atoms with Crippen molar-refractivity contribution in [2.75, 3.05) is 0 Å². The maximum atomic E-state index is 13.2. The molecule has 2 aliphatic heterocycles. The molecule has 29 heavy (non-hydrogen) atoms. The Morgan fingerprint density at radius 3 is 1.86 bits per heavy atom. The van der Waals surface area contributed by atoms with Crippen molar-refractivity contribution in [2.24, 2.45) is 0 Å². The molecule has 0 aromatic heterocycles. The van der Waals surface area contributed by atoms with Gasteiger partial charge in [-0.2, -0.15) is 10.0 Å². The summed E-state index contributed by atoms with van der Waals surface area (Å²) in [6.07, 6.45) is 0. The van der Waals surface area contributed by atoms with Crippen LogP contribution < -0.4 is 0 Å². The second-order valence-electron chi connectivity index (χ2n) is 6.45. The van der Waals surface area contributed by atoms with E-state index in [1.54, 1.807) is 24.3 Å². The molecule has 142 valence electrons. The number of imide groups is 2. The third kappa shape index (κ3) is 2.25. The smallest absolute Gasteiger partial charge is 0.267 e. The van der Waals surface area contributed by atoms with Crippen molar-refractivity contribution in [1.29, 1.82) is 0 Å². The van der Waals surface area contributed by atoms with Crippen LogP contribution >= 0.6 is 34.8 Å². The fourth-order valence-electron chi connectivity index (χ4n) is 3.66. The first-order chi connectivity index (χ1) is 13.8. The number of benzene rings is 3. The summed E-state index contributed by atoms with van der Waals surface area (Å²) < 4.78 is 0. The SMILES string of the molecule is O=C1c2ccc(Cl)c(Cl)c2C(=O)N1N1C(=O)c2cc(Cl)c3ccccc3c2C1=O. The Labute approximate surface area is 178 Å². The molecule has 0 radical (unpaired) electrons. The molecule has 0 unspecified atom stereocenters. The summed E-state index contributed by atoms with van der Waals surface area (Å²) in [5.74, 6) is -3.36. The molecule has 0 N–H and O–H groups in total.